The van der Waals surface area contributed by atoms with E-state index in [0.717, 1.165) is 11.3 Å². The lowest BCUT2D eigenvalue weighted by molar-refractivity contribution is 0.601. The van der Waals surface area contributed by atoms with Gasteiger partial charge in [-0.05, 0) is 24.3 Å². The molecular formula is C10H7Cl3N2O2S2. The van der Waals surface area contributed by atoms with Crippen LogP contribution in [0, 0.1) is 0 Å². The number of hydrogen-bond donors (Lipinski definition) is 2. The normalized spacial score (nSPS) is 11.5. The number of thiophene rings is 1. The maximum Gasteiger partial charge on any atom is 0.264 e. The van der Waals surface area contributed by atoms with Crippen LogP contribution < -0.4 is 10.5 Å². The molecule has 19 heavy (non-hydrogen) atoms. The van der Waals surface area contributed by atoms with E-state index in [0.29, 0.717) is 5.69 Å². The summed E-state index contributed by atoms with van der Waals surface area (Å²) in [5.74, 6) is 0. The molecule has 2 rings (SSSR count). The van der Waals surface area contributed by atoms with Crippen molar-refractivity contribution in [2.24, 2.45) is 0 Å². The second-order valence-corrected chi connectivity index (χ2v) is 7.88. The number of nitrogen functional groups attached to an aromatic ring is 1. The summed E-state index contributed by atoms with van der Waals surface area (Å²) in [6, 6.07) is 5.73. The minimum atomic E-state index is -3.84. The van der Waals surface area contributed by atoms with Gasteiger partial charge in [-0.25, -0.2) is 8.42 Å². The summed E-state index contributed by atoms with van der Waals surface area (Å²) in [7, 11) is -3.84. The molecule has 0 bridgehead atoms. The van der Waals surface area contributed by atoms with Crippen molar-refractivity contribution in [1.82, 2.24) is 0 Å². The molecule has 0 saturated heterocycles. The third kappa shape index (κ3) is 3.27. The predicted octanol–water partition coefficient (Wildman–Crippen LogP) is 4.09. The highest BCUT2D eigenvalue weighted by Crippen LogP contribution is 2.36. The van der Waals surface area contributed by atoms with Gasteiger partial charge in [0.1, 0.15) is 9.23 Å². The Kier molecular flexibility index (Phi) is 4.17. The molecule has 0 aliphatic rings. The number of benzene rings is 1. The molecule has 1 heterocycles. The third-order valence-electron chi connectivity index (χ3n) is 2.15. The number of halogens is 3. The van der Waals surface area contributed by atoms with Crippen LogP contribution in [-0.2, 0) is 10.0 Å². The molecule has 2 aromatic rings. The molecule has 0 spiro atoms. The molecular weight excluding hydrogens is 351 g/mol. The van der Waals surface area contributed by atoms with E-state index in [4.69, 9.17) is 40.5 Å². The molecule has 0 atom stereocenters. The molecule has 0 aliphatic carbocycles. The first-order chi connectivity index (χ1) is 8.79. The molecule has 0 aliphatic heterocycles. The lowest BCUT2D eigenvalue weighted by Gasteiger charge is -2.09. The maximum atomic E-state index is 12.1. The van der Waals surface area contributed by atoms with E-state index in [1.165, 1.54) is 24.3 Å². The van der Waals surface area contributed by atoms with Gasteiger partial charge in [-0.3, -0.25) is 4.72 Å². The van der Waals surface area contributed by atoms with Crippen LogP contribution >= 0.6 is 46.1 Å². The van der Waals surface area contributed by atoms with Crippen LogP contribution in [0.2, 0.25) is 13.7 Å². The number of rotatable bonds is 3. The summed E-state index contributed by atoms with van der Waals surface area (Å²) in [6.45, 7) is 0. The maximum absolute atomic E-state index is 12.1. The monoisotopic (exact) mass is 356 g/mol. The molecule has 1 aromatic heterocycles. The smallest absolute Gasteiger partial charge is 0.264 e. The molecule has 0 amide bonds. The van der Waals surface area contributed by atoms with Crippen molar-refractivity contribution in [2.75, 3.05) is 10.5 Å². The van der Waals surface area contributed by atoms with Gasteiger partial charge >= 0.3 is 0 Å². The number of sulfonamides is 1. The number of hydrogen-bond acceptors (Lipinski definition) is 4. The molecule has 102 valence electrons. The summed E-state index contributed by atoms with van der Waals surface area (Å²) < 4.78 is 27.0. The predicted molar refractivity (Wildman–Crippen MR) is 81.0 cm³/mol. The van der Waals surface area contributed by atoms with E-state index in [2.05, 4.69) is 4.72 Å². The van der Waals surface area contributed by atoms with Crippen molar-refractivity contribution in [1.29, 1.82) is 0 Å². The van der Waals surface area contributed by atoms with Gasteiger partial charge in [0, 0.05) is 5.69 Å². The summed E-state index contributed by atoms with van der Waals surface area (Å²) in [5, 5.41) is 0.195. The molecule has 4 nitrogen and oxygen atoms in total. The van der Waals surface area contributed by atoms with Gasteiger partial charge in [0.15, 0.2) is 0 Å². The standard InChI is InChI=1S/C10H7Cl3N2O2S2/c11-6-3-5(14)1-2-7(6)15-19(16,17)8-4-9(12)18-10(8)13/h1-4,15H,14H2. The first kappa shape index (κ1) is 14.7. The van der Waals surface area contributed by atoms with Crippen LogP contribution in [0.5, 0.6) is 0 Å². The average molecular weight is 358 g/mol. The van der Waals surface area contributed by atoms with Gasteiger partial charge in [-0.15, -0.1) is 11.3 Å². The highest BCUT2D eigenvalue weighted by Gasteiger charge is 2.21. The molecule has 3 N–H and O–H groups in total. The van der Waals surface area contributed by atoms with E-state index in [9.17, 15) is 8.42 Å². The van der Waals surface area contributed by atoms with Crippen molar-refractivity contribution < 1.29 is 8.42 Å². The Hall–Kier alpha value is -0.660. The van der Waals surface area contributed by atoms with Gasteiger partial charge in [0.25, 0.3) is 10.0 Å². The van der Waals surface area contributed by atoms with E-state index in [1.54, 1.807) is 0 Å². The topological polar surface area (TPSA) is 72.2 Å². The Bertz CT molecular complexity index is 728. The van der Waals surface area contributed by atoms with E-state index in [1.807, 2.05) is 0 Å². The fourth-order valence-corrected chi connectivity index (χ4v) is 4.84. The lowest BCUT2D eigenvalue weighted by atomic mass is 10.3. The zero-order chi connectivity index (χ0) is 14.2. The van der Waals surface area contributed by atoms with E-state index >= 15 is 0 Å². The number of nitrogens with two attached hydrogens (primary N) is 1. The molecule has 9 heteroatoms. The van der Waals surface area contributed by atoms with Gasteiger partial charge in [-0.1, -0.05) is 34.8 Å². The number of nitrogens with one attached hydrogen (secondary N) is 1. The Morgan fingerprint density at radius 2 is 1.84 bits per heavy atom. The Balaban J connectivity index is 2.39. The fourth-order valence-electron chi connectivity index (χ4n) is 1.32. The zero-order valence-corrected chi connectivity index (χ0v) is 13.1. The minimum absolute atomic E-state index is 0.0861. The first-order valence-corrected chi connectivity index (χ1v) is 8.25. The second kappa shape index (κ2) is 5.38. The van der Waals surface area contributed by atoms with Crippen LogP contribution in [0.1, 0.15) is 0 Å². The van der Waals surface area contributed by atoms with Gasteiger partial charge in [0.2, 0.25) is 0 Å². The highest BCUT2D eigenvalue weighted by molar-refractivity contribution is 7.93. The Morgan fingerprint density at radius 3 is 2.37 bits per heavy atom. The van der Waals surface area contributed by atoms with Crippen LogP contribution in [0.3, 0.4) is 0 Å². The third-order valence-corrected chi connectivity index (χ3v) is 5.58. The molecule has 0 unspecified atom stereocenters. The van der Waals surface area contributed by atoms with Crippen molar-refractivity contribution in [2.45, 2.75) is 4.90 Å². The Morgan fingerprint density at radius 1 is 1.16 bits per heavy atom. The van der Waals surface area contributed by atoms with Gasteiger partial charge in [0.05, 0.1) is 15.0 Å². The molecule has 1 aromatic carbocycles. The van der Waals surface area contributed by atoms with Gasteiger partial charge < -0.3 is 5.73 Å². The van der Waals surface area contributed by atoms with Gasteiger partial charge in [-0.2, -0.15) is 0 Å². The molecule has 0 saturated carbocycles. The fraction of sp³-hybridized carbons (Fsp3) is 0. The van der Waals surface area contributed by atoms with Crippen molar-refractivity contribution in [3.63, 3.8) is 0 Å². The zero-order valence-electron chi connectivity index (χ0n) is 9.15. The Labute approximate surface area is 129 Å². The highest BCUT2D eigenvalue weighted by atomic mass is 35.5. The van der Waals surface area contributed by atoms with Crippen LogP contribution in [0.25, 0.3) is 0 Å². The molecule has 0 radical (unpaired) electrons. The average Bonchev–Trinajstić information content (AvgIpc) is 2.63. The number of anilines is 2. The van der Waals surface area contributed by atoms with E-state index < -0.39 is 10.0 Å². The minimum Gasteiger partial charge on any atom is -0.399 e. The summed E-state index contributed by atoms with van der Waals surface area (Å²) in [5.41, 5.74) is 6.18. The molecule has 0 fully saturated rings. The SMILES string of the molecule is Nc1ccc(NS(=O)(=O)c2cc(Cl)sc2Cl)c(Cl)c1. The largest absolute Gasteiger partial charge is 0.399 e. The second-order valence-electron chi connectivity index (χ2n) is 3.53. The lowest BCUT2D eigenvalue weighted by Crippen LogP contribution is -2.12. The quantitative estimate of drug-likeness (QED) is 0.813. The van der Waals surface area contributed by atoms with Crippen molar-refractivity contribution in [3.8, 4) is 0 Å². The summed E-state index contributed by atoms with van der Waals surface area (Å²) in [6.07, 6.45) is 0. The first-order valence-electron chi connectivity index (χ1n) is 4.82. The van der Waals surface area contributed by atoms with Crippen LogP contribution in [0.15, 0.2) is 29.2 Å². The van der Waals surface area contributed by atoms with Crippen molar-refractivity contribution >= 4 is 67.5 Å². The van der Waals surface area contributed by atoms with Crippen LogP contribution in [0.4, 0.5) is 11.4 Å². The summed E-state index contributed by atoms with van der Waals surface area (Å²) in [4.78, 5) is -0.0861. The van der Waals surface area contributed by atoms with Crippen molar-refractivity contribution in [3.05, 3.63) is 38.0 Å². The van der Waals surface area contributed by atoms with E-state index in [-0.39, 0.29) is 24.3 Å². The summed E-state index contributed by atoms with van der Waals surface area (Å²) >= 11 is 18.4. The van der Waals surface area contributed by atoms with Crippen LogP contribution in [-0.4, -0.2) is 8.42 Å².